The standard InChI is InChI=1S/C13H19N3O2/c14-11-3-1-2-10(6-11)7-16(8-13(15)17)12-4-5-18-9-12/h1-3,6,12H,4-5,7-9,14H2,(H2,15,17). The number of rotatable bonds is 5. The molecule has 18 heavy (non-hydrogen) atoms. The van der Waals surface area contributed by atoms with Gasteiger partial charge in [-0.2, -0.15) is 0 Å². The lowest BCUT2D eigenvalue weighted by Gasteiger charge is -2.26. The molecule has 5 heteroatoms. The topological polar surface area (TPSA) is 81.6 Å². The summed E-state index contributed by atoms with van der Waals surface area (Å²) in [4.78, 5) is 13.2. The van der Waals surface area contributed by atoms with Crippen LogP contribution >= 0.6 is 0 Å². The number of nitrogen functional groups attached to an aromatic ring is 1. The molecule has 1 atom stereocenters. The molecule has 1 unspecified atom stereocenters. The van der Waals surface area contributed by atoms with Crippen molar-refractivity contribution < 1.29 is 9.53 Å². The van der Waals surface area contributed by atoms with Gasteiger partial charge in [-0.25, -0.2) is 0 Å². The molecule has 5 nitrogen and oxygen atoms in total. The molecule has 1 heterocycles. The quantitative estimate of drug-likeness (QED) is 0.737. The van der Waals surface area contributed by atoms with Crippen LogP contribution in [0.4, 0.5) is 5.69 Å². The van der Waals surface area contributed by atoms with Crippen LogP contribution in [0.2, 0.25) is 0 Å². The van der Waals surface area contributed by atoms with Gasteiger partial charge in [0.1, 0.15) is 0 Å². The molecule has 2 rings (SSSR count). The predicted molar refractivity (Wildman–Crippen MR) is 69.7 cm³/mol. The van der Waals surface area contributed by atoms with E-state index in [0.717, 1.165) is 24.3 Å². The number of carbonyl (C=O) groups excluding carboxylic acids is 1. The molecule has 0 aliphatic carbocycles. The third-order valence-corrected chi connectivity index (χ3v) is 3.12. The van der Waals surface area contributed by atoms with Crippen molar-refractivity contribution in [3.05, 3.63) is 29.8 Å². The van der Waals surface area contributed by atoms with Gasteiger partial charge in [0.15, 0.2) is 0 Å². The van der Waals surface area contributed by atoms with Crippen LogP contribution in [0.25, 0.3) is 0 Å². The van der Waals surface area contributed by atoms with Crippen molar-refractivity contribution in [1.29, 1.82) is 0 Å². The van der Waals surface area contributed by atoms with Crippen LogP contribution in [0.3, 0.4) is 0 Å². The molecule has 0 bridgehead atoms. The zero-order valence-electron chi connectivity index (χ0n) is 10.3. The zero-order valence-corrected chi connectivity index (χ0v) is 10.3. The van der Waals surface area contributed by atoms with Crippen molar-refractivity contribution >= 4 is 11.6 Å². The van der Waals surface area contributed by atoms with E-state index in [-0.39, 0.29) is 18.5 Å². The number of hydrogen-bond acceptors (Lipinski definition) is 4. The van der Waals surface area contributed by atoms with E-state index in [9.17, 15) is 4.79 Å². The number of carbonyl (C=O) groups is 1. The van der Waals surface area contributed by atoms with E-state index >= 15 is 0 Å². The van der Waals surface area contributed by atoms with Crippen molar-refractivity contribution in [3.63, 3.8) is 0 Å². The third kappa shape index (κ3) is 3.45. The minimum Gasteiger partial charge on any atom is -0.399 e. The minimum atomic E-state index is -0.314. The van der Waals surface area contributed by atoms with Crippen LogP contribution in [0.15, 0.2) is 24.3 Å². The number of primary amides is 1. The molecule has 98 valence electrons. The second-order valence-electron chi connectivity index (χ2n) is 4.63. The molecule has 0 radical (unpaired) electrons. The summed E-state index contributed by atoms with van der Waals surface area (Å²) in [7, 11) is 0. The van der Waals surface area contributed by atoms with E-state index in [4.69, 9.17) is 16.2 Å². The Hall–Kier alpha value is -1.59. The third-order valence-electron chi connectivity index (χ3n) is 3.12. The normalized spacial score (nSPS) is 19.3. The molecule has 0 aromatic heterocycles. The number of nitrogens with zero attached hydrogens (tertiary/aromatic N) is 1. The fraction of sp³-hybridized carbons (Fsp3) is 0.462. The first kappa shape index (κ1) is 12.9. The Balaban J connectivity index is 2.06. The van der Waals surface area contributed by atoms with Crippen molar-refractivity contribution in [1.82, 2.24) is 4.90 Å². The Kier molecular flexibility index (Phi) is 4.17. The summed E-state index contributed by atoms with van der Waals surface area (Å²) >= 11 is 0. The predicted octanol–water partition coefficient (Wildman–Crippen LogP) is 0.345. The highest BCUT2D eigenvalue weighted by molar-refractivity contribution is 5.76. The maximum absolute atomic E-state index is 11.1. The number of anilines is 1. The van der Waals surface area contributed by atoms with Crippen LogP contribution in [-0.4, -0.2) is 36.6 Å². The van der Waals surface area contributed by atoms with E-state index in [1.54, 1.807) is 0 Å². The van der Waals surface area contributed by atoms with E-state index in [0.29, 0.717) is 13.2 Å². The van der Waals surface area contributed by atoms with Crippen molar-refractivity contribution in [2.24, 2.45) is 5.73 Å². The van der Waals surface area contributed by atoms with E-state index < -0.39 is 0 Å². The highest BCUT2D eigenvalue weighted by Crippen LogP contribution is 2.16. The molecular weight excluding hydrogens is 230 g/mol. The lowest BCUT2D eigenvalue weighted by Crippen LogP contribution is -2.41. The Labute approximate surface area is 107 Å². The summed E-state index contributed by atoms with van der Waals surface area (Å²) in [5.41, 5.74) is 12.9. The smallest absolute Gasteiger partial charge is 0.231 e. The Morgan fingerprint density at radius 1 is 1.50 bits per heavy atom. The van der Waals surface area contributed by atoms with Crippen LogP contribution in [0.1, 0.15) is 12.0 Å². The van der Waals surface area contributed by atoms with Crippen molar-refractivity contribution in [2.75, 3.05) is 25.5 Å². The SMILES string of the molecule is NC(=O)CN(Cc1cccc(N)c1)C1CCOC1. The molecule has 4 N–H and O–H groups in total. The second kappa shape index (κ2) is 5.84. The van der Waals surface area contributed by atoms with Gasteiger partial charge < -0.3 is 16.2 Å². The average molecular weight is 249 g/mol. The molecule has 1 aromatic carbocycles. The van der Waals surface area contributed by atoms with Crippen LogP contribution in [0.5, 0.6) is 0 Å². The molecular formula is C13H19N3O2. The van der Waals surface area contributed by atoms with Gasteiger partial charge in [0, 0.05) is 24.9 Å². The summed E-state index contributed by atoms with van der Waals surface area (Å²) < 4.78 is 5.36. The summed E-state index contributed by atoms with van der Waals surface area (Å²) in [6, 6.07) is 7.95. The molecule has 1 aromatic rings. The zero-order chi connectivity index (χ0) is 13.0. The number of nitrogens with two attached hydrogens (primary N) is 2. The molecule has 1 aliphatic heterocycles. The van der Waals surface area contributed by atoms with Crippen molar-refractivity contribution in [2.45, 2.75) is 19.0 Å². The summed E-state index contributed by atoms with van der Waals surface area (Å²) in [5.74, 6) is -0.314. The van der Waals surface area contributed by atoms with Gasteiger partial charge in [-0.05, 0) is 24.1 Å². The van der Waals surface area contributed by atoms with E-state index in [1.807, 2.05) is 24.3 Å². The van der Waals surface area contributed by atoms with Gasteiger partial charge in [0.2, 0.25) is 5.91 Å². The van der Waals surface area contributed by atoms with E-state index in [1.165, 1.54) is 0 Å². The maximum Gasteiger partial charge on any atom is 0.231 e. The summed E-state index contributed by atoms with van der Waals surface area (Å²) in [6.45, 7) is 2.33. The summed E-state index contributed by atoms with van der Waals surface area (Å²) in [5, 5.41) is 0. The number of hydrogen-bond donors (Lipinski definition) is 2. The molecule has 0 spiro atoms. The van der Waals surface area contributed by atoms with Gasteiger partial charge >= 0.3 is 0 Å². The first-order valence-corrected chi connectivity index (χ1v) is 6.09. The van der Waals surface area contributed by atoms with Gasteiger partial charge in [0.25, 0.3) is 0 Å². The first-order valence-electron chi connectivity index (χ1n) is 6.09. The number of ether oxygens (including phenoxy) is 1. The van der Waals surface area contributed by atoms with Gasteiger partial charge in [-0.3, -0.25) is 9.69 Å². The largest absolute Gasteiger partial charge is 0.399 e. The molecule has 1 saturated heterocycles. The van der Waals surface area contributed by atoms with Gasteiger partial charge in [-0.15, -0.1) is 0 Å². The lowest BCUT2D eigenvalue weighted by atomic mass is 10.1. The number of benzene rings is 1. The molecule has 0 saturated carbocycles. The highest BCUT2D eigenvalue weighted by Gasteiger charge is 2.24. The Bertz CT molecular complexity index is 416. The van der Waals surface area contributed by atoms with E-state index in [2.05, 4.69) is 4.90 Å². The molecule has 1 aliphatic rings. The average Bonchev–Trinajstić information content (AvgIpc) is 2.80. The van der Waals surface area contributed by atoms with Crippen LogP contribution in [-0.2, 0) is 16.1 Å². The van der Waals surface area contributed by atoms with Crippen LogP contribution in [0, 0.1) is 0 Å². The first-order chi connectivity index (χ1) is 8.65. The number of amides is 1. The van der Waals surface area contributed by atoms with Crippen LogP contribution < -0.4 is 11.5 Å². The molecule has 1 fully saturated rings. The monoisotopic (exact) mass is 249 g/mol. The fourth-order valence-electron chi connectivity index (χ4n) is 2.25. The molecule has 1 amide bonds. The second-order valence-corrected chi connectivity index (χ2v) is 4.63. The lowest BCUT2D eigenvalue weighted by molar-refractivity contribution is -0.119. The maximum atomic E-state index is 11.1. The van der Waals surface area contributed by atoms with Gasteiger partial charge in [0.05, 0.1) is 13.2 Å². The minimum absolute atomic E-state index is 0.253. The Morgan fingerprint density at radius 3 is 2.94 bits per heavy atom. The summed E-state index contributed by atoms with van der Waals surface area (Å²) in [6.07, 6.45) is 0.940. The highest BCUT2D eigenvalue weighted by atomic mass is 16.5. The van der Waals surface area contributed by atoms with Crippen molar-refractivity contribution in [3.8, 4) is 0 Å². The fourth-order valence-corrected chi connectivity index (χ4v) is 2.25. The Morgan fingerprint density at radius 2 is 2.33 bits per heavy atom. The van der Waals surface area contributed by atoms with Gasteiger partial charge in [-0.1, -0.05) is 12.1 Å².